The van der Waals surface area contributed by atoms with E-state index in [1.807, 2.05) is 42.5 Å². The summed E-state index contributed by atoms with van der Waals surface area (Å²) in [5.41, 5.74) is 2.78. The van der Waals surface area contributed by atoms with Gasteiger partial charge in [-0.1, -0.05) is 59.3 Å². The van der Waals surface area contributed by atoms with Crippen LogP contribution in [0.25, 0.3) is 11.0 Å². The zero-order valence-electron chi connectivity index (χ0n) is 21.6. The Morgan fingerprint density at radius 2 is 1.90 bits per heavy atom. The van der Waals surface area contributed by atoms with Gasteiger partial charge >= 0.3 is 0 Å². The van der Waals surface area contributed by atoms with Crippen molar-refractivity contribution < 1.29 is 19.1 Å². The van der Waals surface area contributed by atoms with E-state index in [4.69, 9.17) is 21.1 Å². The number of amides is 2. The first-order chi connectivity index (χ1) is 19.0. The fourth-order valence-electron chi connectivity index (χ4n) is 4.76. The van der Waals surface area contributed by atoms with Crippen molar-refractivity contribution in [3.8, 4) is 5.75 Å². The molecule has 0 radical (unpaired) electrons. The van der Waals surface area contributed by atoms with Crippen molar-refractivity contribution in [1.82, 2.24) is 25.2 Å². The average Bonchev–Trinajstić information content (AvgIpc) is 3.63. The van der Waals surface area contributed by atoms with Gasteiger partial charge in [-0.2, -0.15) is 0 Å². The fraction of sp³-hybridized carbons (Fsp3) is 0.310. The zero-order valence-corrected chi connectivity index (χ0v) is 22.4. The van der Waals surface area contributed by atoms with Gasteiger partial charge in [0.15, 0.2) is 0 Å². The standard InChI is InChI=1S/C29H30ClN5O4/c1-38-22-14-12-20(13-15-22)28(29(37)31-17-23-8-6-16-39-23)34(18-21-7-2-3-9-24(21)30)27(36)19-35-26-11-5-4-10-25(26)32-33-35/h2-5,7,9-15,23,28H,6,8,16-19H2,1H3,(H,31,37)/t23-,28+/m0/s1. The summed E-state index contributed by atoms with van der Waals surface area (Å²) in [6.07, 6.45) is 1.81. The predicted molar refractivity (Wildman–Crippen MR) is 147 cm³/mol. The average molecular weight is 548 g/mol. The van der Waals surface area contributed by atoms with Crippen molar-refractivity contribution in [3.05, 3.63) is 88.9 Å². The number of ether oxygens (including phenoxy) is 2. The lowest BCUT2D eigenvalue weighted by Crippen LogP contribution is -2.46. The quantitative estimate of drug-likeness (QED) is 0.320. The topological polar surface area (TPSA) is 98.6 Å². The third-order valence-corrected chi connectivity index (χ3v) is 7.21. The summed E-state index contributed by atoms with van der Waals surface area (Å²) < 4.78 is 12.6. The normalized spacial score (nSPS) is 15.7. The Morgan fingerprint density at radius 1 is 1.13 bits per heavy atom. The first-order valence-electron chi connectivity index (χ1n) is 12.9. The highest BCUT2D eigenvalue weighted by Crippen LogP contribution is 2.28. The van der Waals surface area contributed by atoms with Crippen LogP contribution in [0.1, 0.15) is 30.0 Å². The minimum atomic E-state index is -0.934. The molecule has 0 bridgehead atoms. The lowest BCUT2D eigenvalue weighted by atomic mass is 10.0. The number of rotatable bonds is 10. The van der Waals surface area contributed by atoms with Gasteiger partial charge in [-0.15, -0.1) is 5.10 Å². The number of methoxy groups -OCH3 is 1. The molecule has 2 atom stereocenters. The second-order valence-corrected chi connectivity index (χ2v) is 9.81. The summed E-state index contributed by atoms with van der Waals surface area (Å²) >= 11 is 6.51. The van der Waals surface area contributed by atoms with E-state index >= 15 is 0 Å². The summed E-state index contributed by atoms with van der Waals surface area (Å²) in [6.45, 7) is 1.07. The van der Waals surface area contributed by atoms with E-state index in [0.717, 1.165) is 23.9 Å². The molecule has 4 aromatic rings. The van der Waals surface area contributed by atoms with Crippen LogP contribution in [0.15, 0.2) is 72.8 Å². The Kier molecular flexibility index (Phi) is 8.39. The van der Waals surface area contributed by atoms with E-state index < -0.39 is 6.04 Å². The van der Waals surface area contributed by atoms with Crippen LogP contribution < -0.4 is 10.1 Å². The van der Waals surface area contributed by atoms with Crippen LogP contribution in [0.2, 0.25) is 5.02 Å². The molecular formula is C29H30ClN5O4. The Hall–Kier alpha value is -3.95. The van der Waals surface area contributed by atoms with Gasteiger partial charge in [0.25, 0.3) is 0 Å². The van der Waals surface area contributed by atoms with Gasteiger partial charge in [0.2, 0.25) is 11.8 Å². The third-order valence-electron chi connectivity index (χ3n) is 6.84. The SMILES string of the molecule is COc1ccc([C@H](C(=O)NC[C@@H]2CCCO2)N(Cc2ccccc2Cl)C(=O)Cn2nnc3ccccc32)cc1. The van der Waals surface area contributed by atoms with Crippen molar-refractivity contribution in [2.24, 2.45) is 0 Å². The van der Waals surface area contributed by atoms with Crippen LogP contribution in [-0.2, 0) is 27.4 Å². The number of para-hydroxylation sites is 1. The molecule has 1 aliphatic heterocycles. The summed E-state index contributed by atoms with van der Waals surface area (Å²) in [5, 5.41) is 11.9. The van der Waals surface area contributed by atoms with Crippen LogP contribution in [-0.4, -0.2) is 58.1 Å². The third kappa shape index (κ3) is 6.21. The Bertz CT molecular complexity index is 1440. The number of benzene rings is 3. The van der Waals surface area contributed by atoms with Gasteiger partial charge in [0, 0.05) is 24.7 Å². The summed E-state index contributed by atoms with van der Waals surface area (Å²) in [5.74, 6) is 0.0357. The number of nitrogens with zero attached hydrogens (tertiary/aromatic N) is 4. The molecule has 9 nitrogen and oxygen atoms in total. The van der Waals surface area contributed by atoms with Crippen LogP contribution in [0.3, 0.4) is 0 Å². The smallest absolute Gasteiger partial charge is 0.247 e. The van der Waals surface area contributed by atoms with E-state index in [1.165, 1.54) is 0 Å². The first kappa shape index (κ1) is 26.6. The molecule has 10 heteroatoms. The summed E-state index contributed by atoms with van der Waals surface area (Å²) in [4.78, 5) is 29.4. The lowest BCUT2D eigenvalue weighted by Gasteiger charge is -2.32. The highest BCUT2D eigenvalue weighted by molar-refractivity contribution is 6.31. The second kappa shape index (κ2) is 12.3. The van der Waals surface area contributed by atoms with Crippen LogP contribution >= 0.6 is 11.6 Å². The van der Waals surface area contributed by atoms with E-state index in [1.54, 1.807) is 47.0 Å². The maximum atomic E-state index is 14.0. The maximum Gasteiger partial charge on any atom is 0.247 e. The van der Waals surface area contributed by atoms with Gasteiger partial charge in [0.1, 0.15) is 23.9 Å². The molecule has 0 unspecified atom stereocenters. The highest BCUT2D eigenvalue weighted by Gasteiger charge is 2.33. The molecule has 2 amide bonds. The minimum absolute atomic E-state index is 0.0419. The van der Waals surface area contributed by atoms with Gasteiger partial charge in [0.05, 0.1) is 18.7 Å². The van der Waals surface area contributed by atoms with Crippen molar-refractivity contribution in [2.45, 2.75) is 38.1 Å². The van der Waals surface area contributed by atoms with Crippen LogP contribution in [0.5, 0.6) is 5.75 Å². The number of halogens is 1. The summed E-state index contributed by atoms with van der Waals surface area (Å²) in [7, 11) is 1.58. The number of aromatic nitrogens is 3. The van der Waals surface area contributed by atoms with Crippen molar-refractivity contribution in [2.75, 3.05) is 20.3 Å². The van der Waals surface area contributed by atoms with E-state index in [-0.39, 0.29) is 31.0 Å². The number of carbonyl (C=O) groups excluding carboxylic acids is 2. The number of fused-ring (bicyclic) bond motifs is 1. The zero-order chi connectivity index (χ0) is 27.2. The van der Waals surface area contributed by atoms with Crippen LogP contribution in [0, 0.1) is 0 Å². The van der Waals surface area contributed by atoms with E-state index in [9.17, 15) is 9.59 Å². The molecule has 0 aliphatic carbocycles. The molecule has 1 saturated heterocycles. The molecular weight excluding hydrogens is 518 g/mol. The molecule has 3 aromatic carbocycles. The maximum absolute atomic E-state index is 14.0. The molecule has 39 heavy (non-hydrogen) atoms. The fourth-order valence-corrected chi connectivity index (χ4v) is 4.96. The molecule has 0 spiro atoms. The first-order valence-corrected chi connectivity index (χ1v) is 13.3. The highest BCUT2D eigenvalue weighted by atomic mass is 35.5. The second-order valence-electron chi connectivity index (χ2n) is 9.40. The largest absolute Gasteiger partial charge is 0.497 e. The number of nitrogens with one attached hydrogen (secondary N) is 1. The molecule has 0 saturated carbocycles. The molecule has 1 fully saturated rings. The number of hydrogen-bond acceptors (Lipinski definition) is 6. The van der Waals surface area contributed by atoms with E-state index in [0.29, 0.717) is 35.0 Å². The molecule has 2 heterocycles. The minimum Gasteiger partial charge on any atom is -0.497 e. The van der Waals surface area contributed by atoms with Crippen molar-refractivity contribution in [3.63, 3.8) is 0 Å². The van der Waals surface area contributed by atoms with Crippen LogP contribution in [0.4, 0.5) is 0 Å². The predicted octanol–water partition coefficient (Wildman–Crippen LogP) is 4.16. The van der Waals surface area contributed by atoms with Gasteiger partial charge in [-0.05, 0) is 54.3 Å². The van der Waals surface area contributed by atoms with Crippen molar-refractivity contribution in [1.29, 1.82) is 0 Å². The molecule has 202 valence electrons. The molecule has 1 aromatic heterocycles. The Balaban J connectivity index is 1.51. The number of hydrogen-bond donors (Lipinski definition) is 1. The van der Waals surface area contributed by atoms with Crippen molar-refractivity contribution >= 4 is 34.4 Å². The number of carbonyl (C=O) groups is 2. The lowest BCUT2D eigenvalue weighted by molar-refractivity contribution is -0.142. The Morgan fingerprint density at radius 3 is 2.64 bits per heavy atom. The Labute approximate surface area is 231 Å². The van der Waals surface area contributed by atoms with Gasteiger partial charge in [-0.25, -0.2) is 4.68 Å². The van der Waals surface area contributed by atoms with Gasteiger partial charge in [-0.3, -0.25) is 9.59 Å². The molecule has 1 aliphatic rings. The monoisotopic (exact) mass is 547 g/mol. The van der Waals surface area contributed by atoms with Gasteiger partial charge < -0.3 is 19.7 Å². The van der Waals surface area contributed by atoms with E-state index in [2.05, 4.69) is 15.6 Å². The molecule has 1 N–H and O–H groups in total. The summed E-state index contributed by atoms with van der Waals surface area (Å²) in [6, 6.07) is 20.9. The molecule has 5 rings (SSSR count).